The maximum absolute atomic E-state index is 12.0. The van der Waals surface area contributed by atoms with Crippen LogP contribution < -0.4 is 5.32 Å². The third kappa shape index (κ3) is 3.81. The van der Waals surface area contributed by atoms with Gasteiger partial charge in [-0.2, -0.15) is 0 Å². The average molecular weight is 354 g/mol. The molecular weight excluding hydrogens is 342 g/mol. The van der Waals surface area contributed by atoms with Crippen molar-refractivity contribution in [3.05, 3.63) is 92.6 Å². The number of nitrogens with one attached hydrogen (secondary N) is 1. The minimum absolute atomic E-state index is 0.0280. The first-order valence-electron chi connectivity index (χ1n) is 7.32. The number of benzene rings is 2. The number of allylic oxidation sites excluding steroid dienone is 2. The van der Waals surface area contributed by atoms with Gasteiger partial charge in [-0.1, -0.05) is 54.1 Å². The molecule has 1 amide bonds. The van der Waals surface area contributed by atoms with E-state index in [0.29, 0.717) is 5.56 Å². The Morgan fingerprint density at radius 1 is 1.16 bits per heavy atom. The van der Waals surface area contributed by atoms with Gasteiger partial charge in [0.2, 0.25) is 0 Å². The van der Waals surface area contributed by atoms with Gasteiger partial charge in [0.25, 0.3) is 11.6 Å². The molecule has 3 rings (SSSR count). The van der Waals surface area contributed by atoms with E-state index in [-0.39, 0.29) is 28.1 Å². The topological polar surface area (TPSA) is 84.6 Å². The summed E-state index contributed by atoms with van der Waals surface area (Å²) in [6.45, 7) is 0. The molecular formula is C18H12ClN3O3. The fourth-order valence-corrected chi connectivity index (χ4v) is 2.42. The van der Waals surface area contributed by atoms with Crippen molar-refractivity contribution in [2.45, 2.75) is 0 Å². The van der Waals surface area contributed by atoms with Crippen LogP contribution in [0.1, 0.15) is 11.1 Å². The molecule has 124 valence electrons. The maximum atomic E-state index is 12.0. The molecule has 0 aromatic heterocycles. The largest absolute Gasteiger partial charge is 0.305 e. The molecule has 0 spiro atoms. The summed E-state index contributed by atoms with van der Waals surface area (Å²) in [5.41, 5.74) is 1.40. The van der Waals surface area contributed by atoms with E-state index < -0.39 is 4.92 Å². The van der Waals surface area contributed by atoms with Gasteiger partial charge in [-0.3, -0.25) is 14.9 Å². The molecule has 0 saturated heterocycles. The molecule has 25 heavy (non-hydrogen) atoms. The lowest BCUT2D eigenvalue weighted by atomic mass is 10.2. The normalized spacial score (nSPS) is 15.5. The molecule has 6 nitrogen and oxygen atoms in total. The van der Waals surface area contributed by atoms with E-state index in [1.165, 1.54) is 12.1 Å². The van der Waals surface area contributed by atoms with Crippen LogP contribution in [0.5, 0.6) is 0 Å². The number of amidine groups is 1. The second kappa shape index (κ2) is 7.11. The second-order valence-corrected chi connectivity index (χ2v) is 5.57. The van der Waals surface area contributed by atoms with E-state index in [9.17, 15) is 14.9 Å². The van der Waals surface area contributed by atoms with Crippen molar-refractivity contribution in [2.24, 2.45) is 4.99 Å². The summed E-state index contributed by atoms with van der Waals surface area (Å²) >= 11 is 5.79. The Bertz CT molecular complexity index is 934. The molecule has 0 fully saturated rings. The van der Waals surface area contributed by atoms with Crippen molar-refractivity contribution in [1.82, 2.24) is 5.32 Å². The van der Waals surface area contributed by atoms with Crippen LogP contribution in [-0.2, 0) is 4.79 Å². The zero-order valence-corrected chi connectivity index (χ0v) is 13.6. The van der Waals surface area contributed by atoms with Gasteiger partial charge in [0.05, 0.1) is 4.92 Å². The molecule has 0 atom stereocenters. The first-order valence-corrected chi connectivity index (χ1v) is 7.70. The summed E-state index contributed by atoms with van der Waals surface area (Å²) in [7, 11) is 0. The van der Waals surface area contributed by atoms with E-state index in [2.05, 4.69) is 10.3 Å². The standard InChI is InChI=1S/C18H12ClN3O3/c19-14-10-9-13(11-16(14)22(24)25)17-20-15(18(23)21-17)8-4-7-12-5-2-1-3-6-12/h1-11H,(H,20,21,23). The Kier molecular flexibility index (Phi) is 4.72. The van der Waals surface area contributed by atoms with Crippen LogP contribution >= 0.6 is 11.6 Å². The summed E-state index contributed by atoms with van der Waals surface area (Å²) in [5.74, 6) is -0.116. The summed E-state index contributed by atoms with van der Waals surface area (Å²) in [6, 6.07) is 13.9. The van der Waals surface area contributed by atoms with Crippen molar-refractivity contribution < 1.29 is 9.72 Å². The van der Waals surface area contributed by atoms with Crippen molar-refractivity contribution in [2.75, 3.05) is 0 Å². The highest BCUT2D eigenvalue weighted by Gasteiger charge is 2.23. The highest BCUT2D eigenvalue weighted by Crippen LogP contribution is 2.26. The van der Waals surface area contributed by atoms with Crippen LogP contribution in [0.2, 0.25) is 5.02 Å². The molecule has 2 aromatic carbocycles. The van der Waals surface area contributed by atoms with Gasteiger partial charge in [-0.05, 0) is 23.8 Å². The van der Waals surface area contributed by atoms with Gasteiger partial charge in [0.15, 0.2) is 0 Å². The van der Waals surface area contributed by atoms with Crippen molar-refractivity contribution in [3.8, 4) is 0 Å². The fourth-order valence-electron chi connectivity index (χ4n) is 2.23. The Balaban J connectivity index is 1.85. The van der Waals surface area contributed by atoms with Crippen LogP contribution in [0.4, 0.5) is 5.69 Å². The summed E-state index contributed by atoms with van der Waals surface area (Å²) in [4.78, 5) is 26.6. The Morgan fingerprint density at radius 3 is 2.64 bits per heavy atom. The third-order valence-electron chi connectivity index (χ3n) is 3.46. The van der Waals surface area contributed by atoms with Crippen LogP contribution in [0.15, 0.2) is 71.4 Å². The van der Waals surface area contributed by atoms with Crippen LogP contribution in [0, 0.1) is 10.1 Å². The van der Waals surface area contributed by atoms with Crippen molar-refractivity contribution >= 4 is 35.1 Å². The van der Waals surface area contributed by atoms with Gasteiger partial charge in [0, 0.05) is 11.6 Å². The lowest BCUT2D eigenvalue weighted by molar-refractivity contribution is -0.384. The average Bonchev–Trinajstić information content (AvgIpc) is 2.97. The predicted molar refractivity (Wildman–Crippen MR) is 96.3 cm³/mol. The number of halogens is 1. The number of amides is 1. The molecule has 0 saturated carbocycles. The van der Waals surface area contributed by atoms with E-state index in [0.717, 1.165) is 5.56 Å². The number of aliphatic imine (C=N–C) groups is 1. The van der Waals surface area contributed by atoms with Crippen LogP contribution in [0.3, 0.4) is 0 Å². The first-order chi connectivity index (χ1) is 12.0. The Labute approximate surface area is 148 Å². The molecule has 1 heterocycles. The zero-order chi connectivity index (χ0) is 17.8. The smallest absolute Gasteiger partial charge is 0.288 e. The number of nitro groups is 1. The van der Waals surface area contributed by atoms with Crippen molar-refractivity contribution in [1.29, 1.82) is 0 Å². The molecule has 0 radical (unpaired) electrons. The molecule has 2 aromatic rings. The number of rotatable bonds is 4. The second-order valence-electron chi connectivity index (χ2n) is 5.16. The van der Waals surface area contributed by atoms with Crippen molar-refractivity contribution in [3.63, 3.8) is 0 Å². The van der Waals surface area contributed by atoms with Gasteiger partial charge in [-0.25, -0.2) is 4.99 Å². The van der Waals surface area contributed by atoms with Gasteiger partial charge in [-0.15, -0.1) is 0 Å². The summed E-state index contributed by atoms with van der Waals surface area (Å²) < 4.78 is 0. The summed E-state index contributed by atoms with van der Waals surface area (Å²) in [6.07, 6.45) is 5.15. The zero-order valence-electron chi connectivity index (χ0n) is 12.8. The third-order valence-corrected chi connectivity index (χ3v) is 3.78. The number of carbonyl (C=O) groups excluding carboxylic acids is 1. The van der Waals surface area contributed by atoms with Gasteiger partial charge < -0.3 is 5.32 Å². The van der Waals surface area contributed by atoms with E-state index in [1.807, 2.05) is 36.4 Å². The highest BCUT2D eigenvalue weighted by molar-refractivity contribution is 6.33. The van der Waals surface area contributed by atoms with Crippen LogP contribution in [-0.4, -0.2) is 16.7 Å². The fraction of sp³-hybridized carbons (Fsp3) is 0. The number of nitro benzene ring substituents is 1. The number of carbonyl (C=O) groups is 1. The molecule has 0 aliphatic carbocycles. The SMILES string of the molecule is O=C1NC(c2ccc(Cl)c([N+](=O)[O-])c2)=NC1=CC=Cc1ccccc1. The van der Waals surface area contributed by atoms with Crippen LogP contribution in [0.25, 0.3) is 6.08 Å². The van der Waals surface area contributed by atoms with Gasteiger partial charge in [0.1, 0.15) is 16.6 Å². The quantitative estimate of drug-likeness (QED) is 0.516. The van der Waals surface area contributed by atoms with Gasteiger partial charge >= 0.3 is 0 Å². The lowest BCUT2D eigenvalue weighted by Gasteiger charge is -2.01. The maximum Gasteiger partial charge on any atom is 0.288 e. The van der Waals surface area contributed by atoms with E-state index >= 15 is 0 Å². The predicted octanol–water partition coefficient (Wildman–Crippen LogP) is 3.72. The molecule has 1 aliphatic heterocycles. The first kappa shape index (κ1) is 16.6. The molecule has 0 unspecified atom stereocenters. The Hall–Kier alpha value is -3.25. The summed E-state index contributed by atoms with van der Waals surface area (Å²) in [5, 5.41) is 13.6. The number of hydrogen-bond donors (Lipinski definition) is 1. The van der Waals surface area contributed by atoms with E-state index in [1.54, 1.807) is 18.2 Å². The highest BCUT2D eigenvalue weighted by atomic mass is 35.5. The van der Waals surface area contributed by atoms with E-state index in [4.69, 9.17) is 11.6 Å². The molecule has 0 bridgehead atoms. The molecule has 7 heteroatoms. The number of nitrogens with zero attached hydrogens (tertiary/aromatic N) is 2. The molecule has 1 aliphatic rings. The molecule has 1 N–H and O–H groups in total. The minimum Gasteiger partial charge on any atom is -0.305 e. The minimum atomic E-state index is -0.581. The monoisotopic (exact) mass is 353 g/mol. The Morgan fingerprint density at radius 2 is 1.92 bits per heavy atom. The number of hydrogen-bond acceptors (Lipinski definition) is 4. The lowest BCUT2D eigenvalue weighted by Crippen LogP contribution is -2.24.